The van der Waals surface area contributed by atoms with Crippen LogP contribution in [0, 0.1) is 5.92 Å². The van der Waals surface area contributed by atoms with Gasteiger partial charge in [-0.1, -0.05) is 6.07 Å². The Morgan fingerprint density at radius 2 is 2.03 bits per heavy atom. The van der Waals surface area contributed by atoms with Gasteiger partial charge in [-0.2, -0.15) is 0 Å². The Hall–Kier alpha value is -3.00. The zero-order valence-corrected chi connectivity index (χ0v) is 16.7. The minimum Gasteiger partial charge on any atom is -0.484 e. The summed E-state index contributed by atoms with van der Waals surface area (Å²) < 4.78 is 18.1. The second-order valence-electron chi connectivity index (χ2n) is 8.11. The van der Waals surface area contributed by atoms with Crippen molar-refractivity contribution in [1.82, 2.24) is 14.8 Å². The van der Waals surface area contributed by atoms with Crippen LogP contribution in [-0.2, 0) is 11.3 Å². The topological polar surface area (TPSA) is 82.0 Å². The summed E-state index contributed by atoms with van der Waals surface area (Å²) in [5.41, 5.74) is 1.25. The van der Waals surface area contributed by atoms with Crippen LogP contribution in [0.25, 0.3) is 0 Å². The van der Waals surface area contributed by atoms with E-state index in [-0.39, 0.29) is 24.9 Å². The number of carbonyl (C=O) groups excluding carboxylic acids is 1. The van der Waals surface area contributed by atoms with Crippen molar-refractivity contribution in [3.8, 4) is 17.2 Å². The summed E-state index contributed by atoms with van der Waals surface area (Å²) in [6, 6.07) is 10.8. The van der Waals surface area contributed by atoms with Gasteiger partial charge >= 0.3 is 0 Å². The normalized spacial score (nSPS) is 21.7. The first kappa shape index (κ1) is 19.0. The molecule has 1 saturated heterocycles. The van der Waals surface area contributed by atoms with Gasteiger partial charge in [-0.25, -0.2) is 0 Å². The first-order valence-electron chi connectivity index (χ1n) is 10.4. The van der Waals surface area contributed by atoms with Crippen LogP contribution in [0.15, 0.2) is 41.2 Å². The number of fused-ring (bicyclic) bond motifs is 5. The number of likely N-dealkylation sites (tertiary alicyclic amines) is 1. The van der Waals surface area contributed by atoms with Crippen LogP contribution in [0.3, 0.4) is 0 Å². The molecule has 2 atom stereocenters. The van der Waals surface area contributed by atoms with Crippen LogP contribution in [0.2, 0.25) is 0 Å². The molecule has 8 nitrogen and oxygen atoms in total. The number of benzene rings is 1. The zero-order valence-electron chi connectivity index (χ0n) is 16.7. The van der Waals surface area contributed by atoms with Crippen molar-refractivity contribution < 1.29 is 19.0 Å². The molecule has 2 bridgehead atoms. The highest BCUT2D eigenvalue weighted by Crippen LogP contribution is 2.35. The minimum atomic E-state index is -0.151. The lowest BCUT2D eigenvalue weighted by molar-refractivity contribution is -0.123. The van der Waals surface area contributed by atoms with Gasteiger partial charge in [0.05, 0.1) is 0 Å². The van der Waals surface area contributed by atoms with Gasteiger partial charge in [0.15, 0.2) is 18.1 Å². The van der Waals surface area contributed by atoms with Gasteiger partial charge in [0.2, 0.25) is 6.79 Å². The van der Waals surface area contributed by atoms with Gasteiger partial charge in [-0.15, -0.1) is 0 Å². The minimum absolute atomic E-state index is 0.0405. The molecule has 158 valence electrons. The molecule has 2 unspecified atom stereocenters. The van der Waals surface area contributed by atoms with Gasteiger partial charge in [-0.3, -0.25) is 9.59 Å². The number of rotatable bonds is 6. The average Bonchev–Trinajstić information content (AvgIpc) is 3.21. The summed E-state index contributed by atoms with van der Waals surface area (Å²) in [4.78, 5) is 26.6. The molecule has 1 amide bonds. The molecule has 3 aliphatic rings. The van der Waals surface area contributed by atoms with Crippen LogP contribution >= 0.6 is 0 Å². The molecule has 0 aliphatic carbocycles. The Morgan fingerprint density at radius 3 is 2.97 bits per heavy atom. The number of hydrogen-bond acceptors (Lipinski definition) is 6. The molecule has 2 aromatic rings. The van der Waals surface area contributed by atoms with Crippen molar-refractivity contribution in [1.29, 1.82) is 0 Å². The Labute approximate surface area is 174 Å². The number of nitrogens with zero attached hydrogens (tertiary/aromatic N) is 2. The van der Waals surface area contributed by atoms with Crippen molar-refractivity contribution in [2.24, 2.45) is 5.92 Å². The maximum absolute atomic E-state index is 12.1. The summed E-state index contributed by atoms with van der Waals surface area (Å²) in [7, 11) is 0. The highest BCUT2D eigenvalue weighted by molar-refractivity contribution is 5.77. The maximum atomic E-state index is 12.1. The third-order valence-corrected chi connectivity index (χ3v) is 6.02. The van der Waals surface area contributed by atoms with Crippen molar-refractivity contribution in [2.75, 3.05) is 39.6 Å². The first-order chi connectivity index (χ1) is 14.7. The predicted octanol–water partition coefficient (Wildman–Crippen LogP) is 1.19. The molecule has 0 spiro atoms. The molecule has 1 aromatic carbocycles. The monoisotopic (exact) mass is 411 g/mol. The maximum Gasteiger partial charge on any atom is 0.257 e. The van der Waals surface area contributed by atoms with Gasteiger partial charge in [-0.05, 0) is 30.5 Å². The molecular weight excluding hydrogens is 386 g/mol. The zero-order chi connectivity index (χ0) is 20.5. The summed E-state index contributed by atoms with van der Waals surface area (Å²) in [6.07, 6.45) is 1.13. The Kier molecular flexibility index (Phi) is 5.08. The van der Waals surface area contributed by atoms with Crippen LogP contribution in [0.4, 0.5) is 0 Å². The highest BCUT2D eigenvalue weighted by Gasteiger charge is 2.34. The summed E-state index contributed by atoms with van der Waals surface area (Å²) >= 11 is 0. The van der Waals surface area contributed by atoms with E-state index in [2.05, 4.69) is 16.3 Å². The van der Waals surface area contributed by atoms with E-state index in [4.69, 9.17) is 14.2 Å². The fraction of sp³-hybridized carbons (Fsp3) is 0.455. The van der Waals surface area contributed by atoms with E-state index >= 15 is 0 Å². The molecule has 5 rings (SSSR count). The summed E-state index contributed by atoms with van der Waals surface area (Å²) in [5.74, 6) is 2.62. The number of pyridine rings is 1. The van der Waals surface area contributed by atoms with Gasteiger partial charge in [0.25, 0.3) is 11.5 Å². The Balaban J connectivity index is 1.08. The lowest BCUT2D eigenvalue weighted by Crippen LogP contribution is -2.49. The first-order valence-corrected chi connectivity index (χ1v) is 10.4. The van der Waals surface area contributed by atoms with Crippen molar-refractivity contribution in [3.63, 3.8) is 0 Å². The second-order valence-corrected chi connectivity index (χ2v) is 8.11. The van der Waals surface area contributed by atoms with E-state index in [1.807, 2.05) is 10.6 Å². The van der Waals surface area contributed by atoms with E-state index < -0.39 is 0 Å². The molecule has 0 saturated carbocycles. The second kappa shape index (κ2) is 8.02. The molecule has 1 N–H and O–H groups in total. The molecule has 1 fully saturated rings. The predicted molar refractivity (Wildman–Crippen MR) is 109 cm³/mol. The van der Waals surface area contributed by atoms with Crippen molar-refractivity contribution in [2.45, 2.75) is 18.9 Å². The van der Waals surface area contributed by atoms with Crippen molar-refractivity contribution in [3.05, 3.63) is 52.4 Å². The van der Waals surface area contributed by atoms with Gasteiger partial charge in [0.1, 0.15) is 5.75 Å². The number of hydrogen-bond donors (Lipinski definition) is 1. The van der Waals surface area contributed by atoms with E-state index in [0.717, 1.165) is 38.3 Å². The van der Waals surface area contributed by atoms with E-state index in [0.29, 0.717) is 35.6 Å². The summed E-state index contributed by atoms with van der Waals surface area (Å²) in [6.45, 7) is 4.20. The lowest BCUT2D eigenvalue weighted by atomic mass is 9.83. The number of nitrogens with one attached hydrogen (secondary N) is 1. The average molecular weight is 411 g/mol. The van der Waals surface area contributed by atoms with Gasteiger partial charge in [0, 0.05) is 56.5 Å². The number of carbonyl (C=O) groups is 1. The largest absolute Gasteiger partial charge is 0.484 e. The number of piperidine rings is 1. The van der Waals surface area contributed by atoms with Crippen LogP contribution in [0.1, 0.15) is 18.0 Å². The van der Waals surface area contributed by atoms with E-state index in [1.54, 1.807) is 24.3 Å². The van der Waals surface area contributed by atoms with E-state index in [1.165, 1.54) is 0 Å². The van der Waals surface area contributed by atoms with Crippen molar-refractivity contribution >= 4 is 5.91 Å². The standard InChI is InChI=1S/C22H25N3O5/c26-21(13-28-17-4-5-19-20(9-17)30-14-29-19)23-6-7-24-10-15-8-16(12-24)18-2-1-3-22(27)25(18)11-15/h1-5,9,15-16H,6-8,10-14H2,(H,23,26). The van der Waals surface area contributed by atoms with E-state index in [9.17, 15) is 9.59 Å². The molecule has 0 radical (unpaired) electrons. The Bertz CT molecular complexity index is 1000. The summed E-state index contributed by atoms with van der Waals surface area (Å²) in [5, 5.41) is 2.93. The Morgan fingerprint density at radius 1 is 1.13 bits per heavy atom. The fourth-order valence-electron chi connectivity index (χ4n) is 4.70. The third kappa shape index (κ3) is 3.87. The smallest absolute Gasteiger partial charge is 0.257 e. The number of amides is 1. The SMILES string of the molecule is O=C(COc1ccc2c(c1)OCO2)NCCN1CC2CC(C1)c1cccc(=O)n1C2. The molecule has 8 heteroatoms. The number of ether oxygens (including phenoxy) is 3. The van der Waals surface area contributed by atoms with Crippen LogP contribution in [-0.4, -0.2) is 55.0 Å². The van der Waals surface area contributed by atoms with Crippen LogP contribution in [0.5, 0.6) is 17.2 Å². The highest BCUT2D eigenvalue weighted by atomic mass is 16.7. The fourth-order valence-corrected chi connectivity index (χ4v) is 4.70. The molecule has 1 aromatic heterocycles. The third-order valence-electron chi connectivity index (χ3n) is 6.02. The quantitative estimate of drug-likeness (QED) is 0.769. The lowest BCUT2D eigenvalue weighted by Gasteiger charge is -2.42. The molecule has 3 aliphatic heterocycles. The number of aromatic nitrogens is 1. The molecule has 4 heterocycles. The van der Waals surface area contributed by atoms with Gasteiger partial charge < -0.3 is 29.0 Å². The molecule has 30 heavy (non-hydrogen) atoms. The molecular formula is C22H25N3O5. The van der Waals surface area contributed by atoms with Crippen LogP contribution < -0.4 is 25.1 Å².